The summed E-state index contributed by atoms with van der Waals surface area (Å²) in [6.07, 6.45) is 2.46. The highest BCUT2D eigenvalue weighted by Gasteiger charge is 2.30. The Labute approximate surface area is 189 Å². The highest BCUT2D eigenvalue weighted by Crippen LogP contribution is 2.39. The number of aryl methyl sites for hydroxylation is 1. The average molecular weight is 434 g/mol. The quantitative estimate of drug-likeness (QED) is 0.525. The second kappa shape index (κ2) is 8.60. The Morgan fingerprint density at radius 1 is 0.935 bits per heavy atom. The number of hydrogen-bond donors (Lipinski definition) is 0. The fourth-order valence-electron chi connectivity index (χ4n) is 4.51. The van der Waals surface area contributed by atoms with Crippen LogP contribution < -0.4 is 4.90 Å². The number of hydrogen-bond acceptors (Lipinski definition) is 4. The van der Waals surface area contributed by atoms with Gasteiger partial charge in [-0.25, -0.2) is 4.68 Å². The van der Waals surface area contributed by atoms with Crippen LogP contribution in [0.3, 0.4) is 0 Å². The van der Waals surface area contributed by atoms with Gasteiger partial charge in [0.05, 0.1) is 13.2 Å². The molecule has 1 saturated carbocycles. The summed E-state index contributed by atoms with van der Waals surface area (Å²) in [6.45, 7) is 10.1. The van der Waals surface area contributed by atoms with E-state index in [9.17, 15) is 0 Å². The molecule has 6 heteroatoms. The van der Waals surface area contributed by atoms with Crippen molar-refractivity contribution >= 4 is 17.9 Å². The van der Waals surface area contributed by atoms with Gasteiger partial charge in [-0.05, 0) is 61.7 Å². The molecular weight excluding hydrogens is 402 g/mol. The van der Waals surface area contributed by atoms with Crippen LogP contribution in [0, 0.1) is 18.6 Å². The zero-order chi connectivity index (χ0) is 21.4. The normalized spacial score (nSPS) is 17.3. The Bertz CT molecular complexity index is 1100. The van der Waals surface area contributed by atoms with E-state index in [1.165, 1.54) is 41.0 Å². The molecule has 1 aliphatic carbocycles. The Balaban J connectivity index is 1.29. The van der Waals surface area contributed by atoms with E-state index in [1.54, 1.807) is 0 Å². The topological polar surface area (TPSA) is 29.2 Å². The van der Waals surface area contributed by atoms with Crippen LogP contribution in [0.1, 0.15) is 41.3 Å². The van der Waals surface area contributed by atoms with E-state index >= 15 is 0 Å². The molecule has 0 bridgehead atoms. The van der Waals surface area contributed by atoms with E-state index < -0.39 is 0 Å². The van der Waals surface area contributed by atoms with Gasteiger partial charge >= 0.3 is 0 Å². The van der Waals surface area contributed by atoms with E-state index in [0.29, 0.717) is 5.92 Å². The van der Waals surface area contributed by atoms with Crippen molar-refractivity contribution in [2.45, 2.75) is 45.8 Å². The summed E-state index contributed by atoms with van der Waals surface area (Å²) in [6, 6.07) is 17.2. The highest BCUT2D eigenvalue weighted by molar-refractivity contribution is 7.71. The minimum Gasteiger partial charge on any atom is -0.369 e. The van der Waals surface area contributed by atoms with Crippen molar-refractivity contribution in [3.8, 4) is 0 Å². The van der Waals surface area contributed by atoms with Gasteiger partial charge in [0, 0.05) is 37.8 Å². The third-order valence-corrected chi connectivity index (χ3v) is 7.13. The molecule has 1 aromatic heterocycles. The van der Waals surface area contributed by atoms with Gasteiger partial charge < -0.3 is 4.90 Å². The molecular formula is C25H31N5S. The van der Waals surface area contributed by atoms with Crippen molar-refractivity contribution in [3.05, 3.63) is 75.8 Å². The van der Waals surface area contributed by atoms with Crippen LogP contribution in [0.4, 0.5) is 5.69 Å². The molecule has 5 rings (SSSR count). The molecule has 162 valence electrons. The maximum Gasteiger partial charge on any atom is 0.199 e. The third-order valence-electron chi connectivity index (χ3n) is 6.70. The molecule has 2 aromatic carbocycles. The van der Waals surface area contributed by atoms with E-state index in [0.717, 1.165) is 44.2 Å². The average Bonchev–Trinajstić information content (AvgIpc) is 3.59. The third kappa shape index (κ3) is 4.32. The summed E-state index contributed by atoms with van der Waals surface area (Å²) in [5, 5.41) is 4.99. The van der Waals surface area contributed by atoms with Crippen LogP contribution in [-0.2, 0) is 13.2 Å². The molecule has 2 fully saturated rings. The first kappa shape index (κ1) is 20.5. The van der Waals surface area contributed by atoms with Crippen LogP contribution in [0.15, 0.2) is 48.5 Å². The zero-order valence-electron chi connectivity index (χ0n) is 18.5. The smallest absolute Gasteiger partial charge is 0.199 e. The van der Waals surface area contributed by atoms with Gasteiger partial charge in [0.1, 0.15) is 5.82 Å². The minimum atomic E-state index is 0.577. The van der Waals surface area contributed by atoms with Crippen LogP contribution >= 0.6 is 12.2 Å². The second-order valence-electron chi connectivity index (χ2n) is 8.95. The lowest BCUT2D eigenvalue weighted by Gasteiger charge is -2.36. The number of nitrogens with zero attached hydrogens (tertiary/aromatic N) is 5. The van der Waals surface area contributed by atoms with Gasteiger partial charge in [0.25, 0.3) is 0 Å². The molecule has 0 unspecified atom stereocenters. The summed E-state index contributed by atoms with van der Waals surface area (Å²) in [5.74, 6) is 1.75. The zero-order valence-corrected chi connectivity index (χ0v) is 19.3. The van der Waals surface area contributed by atoms with Crippen LogP contribution in [0.5, 0.6) is 0 Å². The lowest BCUT2D eigenvalue weighted by Crippen LogP contribution is -2.47. The summed E-state index contributed by atoms with van der Waals surface area (Å²) < 4.78 is 5.16. The van der Waals surface area contributed by atoms with Gasteiger partial charge in [0.2, 0.25) is 0 Å². The second-order valence-corrected chi connectivity index (χ2v) is 9.32. The van der Waals surface area contributed by atoms with Crippen LogP contribution in [-0.4, -0.2) is 45.4 Å². The van der Waals surface area contributed by atoms with Gasteiger partial charge in [-0.1, -0.05) is 42.5 Å². The van der Waals surface area contributed by atoms with E-state index in [-0.39, 0.29) is 0 Å². The SMILES string of the molecule is Cc1cccc(N2CCN(Cn3nc(C4CC4)n(Cc4ccccc4)c3=S)CC2)c1C. The Morgan fingerprint density at radius 3 is 2.39 bits per heavy atom. The molecule has 1 saturated heterocycles. The molecule has 3 aromatic rings. The van der Waals surface area contributed by atoms with Crippen molar-refractivity contribution in [1.29, 1.82) is 0 Å². The fourth-order valence-corrected chi connectivity index (χ4v) is 4.76. The first-order valence-corrected chi connectivity index (χ1v) is 11.8. The van der Waals surface area contributed by atoms with Crippen molar-refractivity contribution in [2.75, 3.05) is 31.1 Å². The minimum absolute atomic E-state index is 0.577. The maximum absolute atomic E-state index is 5.88. The maximum atomic E-state index is 5.88. The van der Waals surface area contributed by atoms with Crippen LogP contribution in [0.25, 0.3) is 0 Å². The lowest BCUT2D eigenvalue weighted by molar-refractivity contribution is 0.194. The molecule has 2 aliphatic rings. The number of aromatic nitrogens is 3. The molecule has 0 atom stereocenters. The molecule has 31 heavy (non-hydrogen) atoms. The van der Waals surface area contributed by atoms with E-state index in [4.69, 9.17) is 17.3 Å². The number of piperazine rings is 1. The van der Waals surface area contributed by atoms with Crippen LogP contribution in [0.2, 0.25) is 0 Å². The molecule has 0 N–H and O–H groups in total. The molecule has 2 heterocycles. The molecule has 1 aliphatic heterocycles. The van der Waals surface area contributed by atoms with Crippen molar-refractivity contribution in [3.63, 3.8) is 0 Å². The van der Waals surface area contributed by atoms with Gasteiger partial charge in [-0.3, -0.25) is 9.47 Å². The number of anilines is 1. The molecule has 5 nitrogen and oxygen atoms in total. The van der Waals surface area contributed by atoms with Gasteiger partial charge in [-0.15, -0.1) is 0 Å². The van der Waals surface area contributed by atoms with Crippen molar-refractivity contribution in [2.24, 2.45) is 0 Å². The Hall–Kier alpha value is -2.44. The predicted molar refractivity (Wildman–Crippen MR) is 128 cm³/mol. The lowest BCUT2D eigenvalue weighted by atomic mass is 10.1. The molecule has 0 radical (unpaired) electrons. The summed E-state index contributed by atoms with van der Waals surface area (Å²) >= 11 is 5.88. The highest BCUT2D eigenvalue weighted by atomic mass is 32.1. The monoisotopic (exact) mass is 433 g/mol. The first-order valence-electron chi connectivity index (χ1n) is 11.3. The van der Waals surface area contributed by atoms with E-state index in [2.05, 4.69) is 81.4 Å². The number of benzene rings is 2. The standard InChI is InChI=1S/C25H31N5S/c1-19-7-6-10-23(20(19)2)28-15-13-27(14-16-28)18-30-25(31)29(24(26-30)22-11-12-22)17-21-8-4-3-5-9-21/h3-10,22H,11-18H2,1-2H3. The number of rotatable bonds is 6. The predicted octanol–water partition coefficient (Wildman–Crippen LogP) is 4.74. The summed E-state index contributed by atoms with van der Waals surface area (Å²) in [4.78, 5) is 5.00. The first-order chi connectivity index (χ1) is 15.1. The summed E-state index contributed by atoms with van der Waals surface area (Å²) in [7, 11) is 0. The Kier molecular flexibility index (Phi) is 5.67. The molecule has 0 amide bonds. The Morgan fingerprint density at radius 2 is 1.68 bits per heavy atom. The van der Waals surface area contributed by atoms with Gasteiger partial charge in [-0.2, -0.15) is 5.10 Å². The molecule has 0 spiro atoms. The summed E-state index contributed by atoms with van der Waals surface area (Å²) in [5.41, 5.74) is 5.41. The fraction of sp³-hybridized carbons (Fsp3) is 0.440. The largest absolute Gasteiger partial charge is 0.369 e. The van der Waals surface area contributed by atoms with Crippen molar-refractivity contribution < 1.29 is 0 Å². The van der Waals surface area contributed by atoms with Gasteiger partial charge in [0.15, 0.2) is 4.77 Å². The van der Waals surface area contributed by atoms with Crippen molar-refractivity contribution in [1.82, 2.24) is 19.2 Å². The van der Waals surface area contributed by atoms with E-state index in [1.807, 2.05) is 0 Å².